The Morgan fingerprint density at radius 1 is 0.581 bits per heavy atom. The summed E-state index contributed by atoms with van der Waals surface area (Å²) in [5.74, 6) is 3.02. The van der Waals surface area contributed by atoms with Crippen LogP contribution in [-0.2, 0) is 0 Å². The summed E-state index contributed by atoms with van der Waals surface area (Å²) in [4.78, 5) is 0. The molecule has 5 fully saturated rings. The van der Waals surface area contributed by atoms with E-state index in [9.17, 15) is 5.11 Å². The Morgan fingerprint density at radius 2 is 1.19 bits per heavy atom. The maximum absolute atomic E-state index is 10.7. The summed E-state index contributed by atoms with van der Waals surface area (Å²) in [7, 11) is 0. The predicted molar refractivity (Wildman–Crippen MR) is 131 cm³/mol. The zero-order valence-electron chi connectivity index (χ0n) is 22.1. The highest BCUT2D eigenvalue weighted by Crippen LogP contribution is 2.78. The molecule has 0 aromatic rings. The van der Waals surface area contributed by atoms with Gasteiger partial charge in [-0.05, 0) is 127 Å². The fraction of sp³-hybridized carbons (Fsp3) is 1.00. The molecule has 5 rings (SSSR count). The molecule has 0 heterocycles. The molecule has 0 aromatic carbocycles. The second-order valence-corrected chi connectivity index (χ2v) is 15.5. The molecule has 0 unspecified atom stereocenters. The summed E-state index contributed by atoms with van der Waals surface area (Å²) in [5.41, 5.74) is 2.88. The van der Waals surface area contributed by atoms with Crippen LogP contribution < -0.4 is 0 Å². The van der Waals surface area contributed by atoms with Crippen LogP contribution in [0.25, 0.3) is 0 Å². The summed E-state index contributed by atoms with van der Waals surface area (Å²) >= 11 is 0. The molecule has 5 aliphatic rings. The van der Waals surface area contributed by atoms with E-state index in [-0.39, 0.29) is 6.10 Å². The molecule has 0 aromatic heterocycles. The summed E-state index contributed by atoms with van der Waals surface area (Å²) in [6, 6.07) is 0. The van der Waals surface area contributed by atoms with E-state index < -0.39 is 0 Å². The van der Waals surface area contributed by atoms with Crippen LogP contribution in [0.5, 0.6) is 0 Å². The molecule has 5 saturated carbocycles. The lowest BCUT2D eigenvalue weighted by Gasteiger charge is -2.75. The topological polar surface area (TPSA) is 20.2 Å². The Kier molecular flexibility index (Phi) is 4.80. The van der Waals surface area contributed by atoms with E-state index >= 15 is 0 Å². The molecule has 1 nitrogen and oxygen atoms in total. The number of aliphatic hydroxyl groups is 1. The minimum atomic E-state index is -0.0781. The average Bonchev–Trinajstić information content (AvgIpc) is 2.69. The van der Waals surface area contributed by atoms with Crippen LogP contribution in [0, 0.1) is 56.2 Å². The molecule has 1 heteroatoms. The summed E-state index contributed by atoms with van der Waals surface area (Å²) < 4.78 is 0. The summed E-state index contributed by atoms with van der Waals surface area (Å²) in [6.45, 7) is 20.9. The van der Waals surface area contributed by atoms with Gasteiger partial charge in [0.2, 0.25) is 0 Å². The quantitative estimate of drug-likeness (QED) is 0.412. The van der Waals surface area contributed by atoms with Gasteiger partial charge in [-0.1, -0.05) is 55.4 Å². The Balaban J connectivity index is 1.54. The van der Waals surface area contributed by atoms with Crippen molar-refractivity contribution < 1.29 is 5.11 Å². The Labute approximate surface area is 193 Å². The van der Waals surface area contributed by atoms with E-state index in [0.29, 0.717) is 38.4 Å². The molecule has 10 atom stereocenters. The number of rotatable bonds is 0. The summed E-state index contributed by atoms with van der Waals surface area (Å²) in [6.07, 6.45) is 15.1. The first-order valence-electron chi connectivity index (χ1n) is 13.9. The molecule has 1 N–H and O–H groups in total. The predicted octanol–water partition coefficient (Wildman–Crippen LogP) is 8.25. The van der Waals surface area contributed by atoms with Crippen molar-refractivity contribution in [1.29, 1.82) is 0 Å². The molecular formula is C30H52O. The Hall–Kier alpha value is -0.0400. The van der Waals surface area contributed by atoms with Gasteiger partial charge in [0.15, 0.2) is 0 Å². The summed E-state index contributed by atoms with van der Waals surface area (Å²) in [5, 5.41) is 10.7. The smallest absolute Gasteiger partial charge is 0.0571 e. The molecule has 0 radical (unpaired) electrons. The number of hydrogen-bond donors (Lipinski definition) is 1. The molecule has 178 valence electrons. The molecule has 5 aliphatic carbocycles. The normalized spacial score (nSPS) is 60.9. The van der Waals surface area contributed by atoms with E-state index in [2.05, 4.69) is 55.4 Å². The number of fused-ring (bicyclic) bond motifs is 7. The molecular weight excluding hydrogens is 376 g/mol. The van der Waals surface area contributed by atoms with Gasteiger partial charge in [-0.3, -0.25) is 0 Å². The third-order valence-electron chi connectivity index (χ3n) is 13.9. The van der Waals surface area contributed by atoms with Crippen molar-refractivity contribution in [1.82, 2.24) is 0 Å². The van der Waals surface area contributed by atoms with E-state index in [1.807, 2.05) is 0 Å². The minimum Gasteiger partial charge on any atom is -0.393 e. The van der Waals surface area contributed by atoms with Crippen LogP contribution in [0.1, 0.15) is 126 Å². The first kappa shape index (κ1) is 22.7. The van der Waals surface area contributed by atoms with Gasteiger partial charge in [0.1, 0.15) is 0 Å². The zero-order chi connectivity index (χ0) is 22.7. The maximum Gasteiger partial charge on any atom is 0.0571 e. The highest BCUT2D eigenvalue weighted by molar-refractivity contribution is 5.19. The van der Waals surface area contributed by atoms with Crippen LogP contribution in [0.15, 0.2) is 0 Å². The van der Waals surface area contributed by atoms with E-state index in [4.69, 9.17) is 0 Å². The zero-order valence-corrected chi connectivity index (χ0v) is 22.1. The van der Waals surface area contributed by atoms with E-state index in [1.165, 1.54) is 64.2 Å². The average molecular weight is 429 g/mol. The monoisotopic (exact) mass is 428 g/mol. The van der Waals surface area contributed by atoms with Crippen LogP contribution in [0.2, 0.25) is 0 Å². The molecule has 0 saturated heterocycles. The lowest BCUT2D eigenvalue weighted by molar-refractivity contribution is -0.263. The molecule has 0 bridgehead atoms. The second kappa shape index (κ2) is 6.55. The molecule has 0 aliphatic heterocycles. The van der Waals surface area contributed by atoms with Crippen molar-refractivity contribution in [3.05, 3.63) is 0 Å². The van der Waals surface area contributed by atoms with Crippen molar-refractivity contribution in [2.24, 2.45) is 56.2 Å². The van der Waals surface area contributed by atoms with Gasteiger partial charge in [-0.25, -0.2) is 0 Å². The highest BCUT2D eigenvalue weighted by Gasteiger charge is 2.70. The lowest BCUT2D eigenvalue weighted by Crippen LogP contribution is -2.67. The largest absolute Gasteiger partial charge is 0.393 e. The van der Waals surface area contributed by atoms with Gasteiger partial charge in [-0.15, -0.1) is 0 Å². The minimum absolute atomic E-state index is 0.0781. The van der Waals surface area contributed by atoms with Crippen molar-refractivity contribution in [3.63, 3.8) is 0 Å². The molecule has 0 spiro atoms. The second-order valence-electron chi connectivity index (χ2n) is 15.5. The number of aliphatic hydroxyl groups excluding tert-OH is 1. The Morgan fingerprint density at radius 3 is 1.90 bits per heavy atom. The van der Waals surface area contributed by atoms with E-state index in [0.717, 1.165) is 24.2 Å². The van der Waals surface area contributed by atoms with E-state index in [1.54, 1.807) is 0 Å². The standard InChI is InChI=1S/C30H52O/c1-20-21(31)9-10-22-27(20,5)12-11-23-28(22,6)16-18-30(8)24-19-25(2,3)13-14-26(24,4)15-17-29(23,30)7/h20-24,31H,9-19H2,1-8H3/t20-,21-,22-,23-,24-,26+,27-,28+,29+,30-/m0/s1. The fourth-order valence-corrected chi connectivity index (χ4v) is 11.4. The fourth-order valence-electron chi connectivity index (χ4n) is 11.4. The van der Waals surface area contributed by atoms with Gasteiger partial charge in [0.05, 0.1) is 6.10 Å². The van der Waals surface area contributed by atoms with Gasteiger partial charge in [0.25, 0.3) is 0 Å². The number of hydrogen-bond acceptors (Lipinski definition) is 1. The van der Waals surface area contributed by atoms with Crippen molar-refractivity contribution in [2.75, 3.05) is 0 Å². The van der Waals surface area contributed by atoms with Gasteiger partial charge < -0.3 is 5.11 Å². The Bertz CT molecular complexity index is 741. The maximum atomic E-state index is 10.7. The van der Waals surface area contributed by atoms with Gasteiger partial charge in [-0.2, -0.15) is 0 Å². The van der Waals surface area contributed by atoms with Crippen molar-refractivity contribution >= 4 is 0 Å². The third-order valence-corrected chi connectivity index (χ3v) is 13.9. The van der Waals surface area contributed by atoms with Crippen LogP contribution in [0.3, 0.4) is 0 Å². The van der Waals surface area contributed by atoms with Crippen LogP contribution in [0.4, 0.5) is 0 Å². The van der Waals surface area contributed by atoms with Crippen molar-refractivity contribution in [2.45, 2.75) is 132 Å². The molecule has 31 heavy (non-hydrogen) atoms. The first-order chi connectivity index (χ1) is 14.2. The molecule has 0 amide bonds. The van der Waals surface area contributed by atoms with Crippen molar-refractivity contribution in [3.8, 4) is 0 Å². The first-order valence-corrected chi connectivity index (χ1v) is 13.9. The van der Waals surface area contributed by atoms with Crippen LogP contribution >= 0.6 is 0 Å². The third kappa shape index (κ3) is 2.77. The highest BCUT2D eigenvalue weighted by atomic mass is 16.3. The van der Waals surface area contributed by atoms with Gasteiger partial charge >= 0.3 is 0 Å². The SMILES string of the molecule is C[C@H]1[C@@H](O)CC[C@H]2[C@@]1(C)CC[C@H]1[C@]2(C)CC[C@@]2(C)[C@H]3CC(C)(C)CC[C@]3(C)CC[C@]12C. The van der Waals surface area contributed by atoms with Crippen LogP contribution in [-0.4, -0.2) is 11.2 Å². The lowest BCUT2D eigenvalue weighted by atomic mass is 9.30. The van der Waals surface area contributed by atoms with Gasteiger partial charge in [0, 0.05) is 0 Å².